The Morgan fingerprint density at radius 2 is 2.00 bits per heavy atom. The predicted molar refractivity (Wildman–Crippen MR) is 60.3 cm³/mol. The highest BCUT2D eigenvalue weighted by Crippen LogP contribution is 2.29. The van der Waals surface area contributed by atoms with E-state index in [4.69, 9.17) is 23.5 Å². The van der Waals surface area contributed by atoms with Crippen LogP contribution in [0.2, 0.25) is 5.15 Å². The molecule has 4 nitrogen and oxygen atoms in total. The lowest BCUT2D eigenvalue weighted by atomic mass is 10.1. The van der Waals surface area contributed by atoms with E-state index in [9.17, 15) is 4.79 Å². The van der Waals surface area contributed by atoms with Gasteiger partial charge >= 0.3 is 5.97 Å². The molecule has 0 saturated carbocycles. The summed E-state index contributed by atoms with van der Waals surface area (Å²) < 4.78 is 4.10. The molecule has 0 atom stereocenters. The second-order valence-corrected chi connectivity index (χ2v) is 3.52. The molecule has 0 saturated heterocycles. The van der Waals surface area contributed by atoms with E-state index in [1.165, 1.54) is 0 Å². The standard InChI is InChI=1S/C10H6Cl2N2O2/c11-9-7(6-4-2-1-3-5-6)8(13-14-9)10(15)16-12/h1-5H,(H,13,14). The molecule has 0 aliphatic carbocycles. The second-order valence-electron chi connectivity index (χ2n) is 2.99. The molecule has 0 unspecified atom stereocenters. The fourth-order valence-electron chi connectivity index (χ4n) is 1.37. The fraction of sp³-hybridized carbons (Fsp3) is 0. The number of aromatic amines is 1. The van der Waals surface area contributed by atoms with Crippen LogP contribution >= 0.6 is 23.5 Å². The predicted octanol–water partition coefficient (Wildman–Crippen LogP) is 3.04. The van der Waals surface area contributed by atoms with E-state index < -0.39 is 5.97 Å². The van der Waals surface area contributed by atoms with Gasteiger partial charge in [0.15, 0.2) is 5.69 Å². The van der Waals surface area contributed by atoms with Gasteiger partial charge in [-0.2, -0.15) is 5.10 Å². The Morgan fingerprint density at radius 3 is 2.62 bits per heavy atom. The van der Waals surface area contributed by atoms with Crippen LogP contribution in [-0.4, -0.2) is 16.2 Å². The zero-order valence-corrected chi connectivity index (χ0v) is 9.42. The monoisotopic (exact) mass is 256 g/mol. The lowest BCUT2D eigenvalue weighted by Crippen LogP contribution is -2.00. The van der Waals surface area contributed by atoms with Crippen molar-refractivity contribution in [1.82, 2.24) is 10.2 Å². The highest BCUT2D eigenvalue weighted by atomic mass is 35.5. The third-order valence-electron chi connectivity index (χ3n) is 2.05. The summed E-state index contributed by atoms with van der Waals surface area (Å²) in [5, 5.41) is 6.52. The number of hydrogen-bond donors (Lipinski definition) is 1. The van der Waals surface area contributed by atoms with Crippen LogP contribution in [0.15, 0.2) is 30.3 Å². The molecule has 1 N–H and O–H groups in total. The SMILES string of the molecule is O=C(OCl)c1n[nH]c(Cl)c1-c1ccccc1. The van der Waals surface area contributed by atoms with Gasteiger partial charge in [-0.15, -0.1) is 0 Å². The number of halogens is 2. The summed E-state index contributed by atoms with van der Waals surface area (Å²) in [6.07, 6.45) is 0. The molecule has 1 aromatic carbocycles. The fourth-order valence-corrected chi connectivity index (χ4v) is 1.69. The first kappa shape index (κ1) is 11.0. The number of carbonyl (C=O) groups is 1. The van der Waals surface area contributed by atoms with Gasteiger partial charge in [0.05, 0.1) is 5.56 Å². The van der Waals surface area contributed by atoms with Crippen molar-refractivity contribution in [3.63, 3.8) is 0 Å². The Labute approximate surface area is 101 Å². The summed E-state index contributed by atoms with van der Waals surface area (Å²) in [6, 6.07) is 9.13. The second kappa shape index (κ2) is 4.55. The molecule has 1 heterocycles. The van der Waals surface area contributed by atoms with Crippen LogP contribution in [0.4, 0.5) is 0 Å². The average Bonchev–Trinajstić information content (AvgIpc) is 2.71. The van der Waals surface area contributed by atoms with Crippen LogP contribution in [0, 0.1) is 0 Å². The van der Waals surface area contributed by atoms with Crippen molar-refractivity contribution in [2.24, 2.45) is 0 Å². The maximum atomic E-state index is 11.3. The molecule has 0 amide bonds. The number of nitrogens with zero attached hydrogens (tertiary/aromatic N) is 1. The van der Waals surface area contributed by atoms with Gasteiger partial charge in [-0.1, -0.05) is 41.9 Å². The van der Waals surface area contributed by atoms with Crippen LogP contribution in [0.3, 0.4) is 0 Å². The Balaban J connectivity index is 2.56. The smallest absolute Gasteiger partial charge is 0.342 e. The van der Waals surface area contributed by atoms with Gasteiger partial charge in [0, 0.05) is 0 Å². The molecule has 2 aromatic rings. The molecule has 82 valence electrons. The average molecular weight is 257 g/mol. The number of rotatable bonds is 2. The summed E-state index contributed by atoms with van der Waals surface area (Å²) >= 11 is 10.9. The van der Waals surface area contributed by atoms with Gasteiger partial charge < -0.3 is 4.29 Å². The molecule has 0 aliphatic heterocycles. The van der Waals surface area contributed by atoms with Gasteiger partial charge in [0.2, 0.25) is 0 Å². The van der Waals surface area contributed by atoms with Crippen molar-refractivity contribution in [2.75, 3.05) is 0 Å². The third kappa shape index (κ3) is 1.89. The number of aromatic nitrogens is 2. The highest BCUT2D eigenvalue weighted by molar-refractivity contribution is 6.33. The quantitative estimate of drug-likeness (QED) is 0.899. The molecular weight excluding hydrogens is 251 g/mol. The van der Waals surface area contributed by atoms with Crippen molar-refractivity contribution in [3.05, 3.63) is 41.2 Å². The van der Waals surface area contributed by atoms with Crippen LogP contribution in [-0.2, 0) is 4.29 Å². The first-order chi connectivity index (χ1) is 7.74. The third-order valence-corrected chi connectivity index (χ3v) is 2.46. The van der Waals surface area contributed by atoms with Gasteiger partial charge in [-0.05, 0) is 5.56 Å². The lowest BCUT2D eigenvalue weighted by Gasteiger charge is -2.00. The normalized spacial score (nSPS) is 10.1. The zero-order chi connectivity index (χ0) is 11.5. The molecule has 16 heavy (non-hydrogen) atoms. The largest absolute Gasteiger partial charge is 0.377 e. The molecule has 0 bridgehead atoms. The van der Waals surface area contributed by atoms with Crippen LogP contribution in [0.25, 0.3) is 11.1 Å². The van der Waals surface area contributed by atoms with Crippen LogP contribution < -0.4 is 0 Å². The topological polar surface area (TPSA) is 55.0 Å². The number of H-pyrrole nitrogens is 1. The van der Waals surface area contributed by atoms with Crippen molar-refractivity contribution >= 4 is 29.4 Å². The first-order valence-corrected chi connectivity index (χ1v) is 5.05. The summed E-state index contributed by atoms with van der Waals surface area (Å²) in [4.78, 5) is 11.3. The number of hydrogen-bond acceptors (Lipinski definition) is 3. The summed E-state index contributed by atoms with van der Waals surface area (Å²) in [5.74, 6) is -0.747. The van der Waals surface area contributed by atoms with Gasteiger partial charge in [-0.25, -0.2) is 4.79 Å². The van der Waals surface area contributed by atoms with E-state index in [0.717, 1.165) is 5.56 Å². The van der Waals surface area contributed by atoms with Crippen LogP contribution in [0.5, 0.6) is 0 Å². The summed E-state index contributed by atoms with van der Waals surface area (Å²) in [7, 11) is 0. The lowest BCUT2D eigenvalue weighted by molar-refractivity contribution is 0.0746. The van der Waals surface area contributed by atoms with E-state index in [0.29, 0.717) is 5.56 Å². The number of benzene rings is 1. The van der Waals surface area contributed by atoms with Crippen LogP contribution in [0.1, 0.15) is 10.5 Å². The van der Waals surface area contributed by atoms with E-state index in [2.05, 4.69) is 14.5 Å². The highest BCUT2D eigenvalue weighted by Gasteiger charge is 2.21. The maximum absolute atomic E-state index is 11.3. The Morgan fingerprint density at radius 1 is 1.31 bits per heavy atom. The minimum atomic E-state index is -0.747. The van der Waals surface area contributed by atoms with Gasteiger partial charge in [0.25, 0.3) is 0 Å². The van der Waals surface area contributed by atoms with E-state index >= 15 is 0 Å². The molecule has 0 radical (unpaired) electrons. The minimum absolute atomic E-state index is 0.0613. The zero-order valence-electron chi connectivity index (χ0n) is 7.91. The van der Waals surface area contributed by atoms with Crippen molar-refractivity contribution in [3.8, 4) is 11.1 Å². The van der Waals surface area contributed by atoms with Crippen molar-refractivity contribution in [1.29, 1.82) is 0 Å². The molecule has 6 heteroatoms. The van der Waals surface area contributed by atoms with E-state index in [-0.39, 0.29) is 10.8 Å². The Hall–Kier alpha value is -1.52. The summed E-state index contributed by atoms with van der Waals surface area (Å²) in [5.41, 5.74) is 1.30. The van der Waals surface area contributed by atoms with Gasteiger partial charge in [-0.3, -0.25) is 5.10 Å². The maximum Gasteiger partial charge on any atom is 0.377 e. The van der Waals surface area contributed by atoms with E-state index in [1.807, 2.05) is 30.3 Å². The van der Waals surface area contributed by atoms with Crippen molar-refractivity contribution < 1.29 is 9.08 Å². The van der Waals surface area contributed by atoms with Crippen molar-refractivity contribution in [2.45, 2.75) is 0 Å². The Bertz CT molecular complexity index is 511. The molecular formula is C10H6Cl2N2O2. The first-order valence-electron chi connectivity index (χ1n) is 4.36. The molecule has 1 aromatic heterocycles. The summed E-state index contributed by atoms with van der Waals surface area (Å²) in [6.45, 7) is 0. The molecule has 0 fully saturated rings. The minimum Gasteiger partial charge on any atom is -0.342 e. The number of nitrogens with one attached hydrogen (secondary N) is 1. The van der Waals surface area contributed by atoms with E-state index in [1.54, 1.807) is 0 Å². The molecule has 0 spiro atoms. The number of carbonyl (C=O) groups excluding carboxylic acids is 1. The molecule has 0 aliphatic rings. The molecule has 2 rings (SSSR count). The van der Waals surface area contributed by atoms with Gasteiger partial charge in [0.1, 0.15) is 17.0 Å². The Kier molecular flexibility index (Phi) is 3.12.